The van der Waals surface area contributed by atoms with Crippen molar-refractivity contribution in [3.63, 3.8) is 0 Å². The standard InChI is InChI=1S/C12H21NO/c13-11-8-10(6-7-12(11)14)9-4-2-1-3-5-9/h9-11H,1-8,13H2. The summed E-state index contributed by atoms with van der Waals surface area (Å²) in [6, 6.07) is -0.143. The van der Waals surface area contributed by atoms with E-state index in [9.17, 15) is 4.79 Å². The minimum Gasteiger partial charge on any atom is -0.322 e. The molecule has 2 aliphatic rings. The molecule has 0 aliphatic heterocycles. The number of carbonyl (C=O) groups is 1. The molecule has 2 N–H and O–H groups in total. The molecule has 0 bridgehead atoms. The van der Waals surface area contributed by atoms with E-state index < -0.39 is 0 Å². The van der Waals surface area contributed by atoms with E-state index in [2.05, 4.69) is 0 Å². The van der Waals surface area contributed by atoms with Gasteiger partial charge < -0.3 is 5.73 Å². The number of Topliss-reactive ketones (excluding diaryl/α,β-unsaturated/α-hetero) is 1. The Labute approximate surface area is 86.2 Å². The van der Waals surface area contributed by atoms with Crippen LogP contribution in [0.2, 0.25) is 0 Å². The molecule has 14 heavy (non-hydrogen) atoms. The monoisotopic (exact) mass is 195 g/mol. The third-order valence-corrected chi connectivity index (χ3v) is 4.05. The van der Waals surface area contributed by atoms with Crippen LogP contribution in [0.3, 0.4) is 0 Å². The van der Waals surface area contributed by atoms with Crippen molar-refractivity contribution in [2.75, 3.05) is 0 Å². The number of ketones is 1. The summed E-state index contributed by atoms with van der Waals surface area (Å²) in [6.45, 7) is 0. The molecule has 2 rings (SSSR count). The van der Waals surface area contributed by atoms with E-state index in [-0.39, 0.29) is 11.8 Å². The van der Waals surface area contributed by atoms with Crippen LogP contribution in [0, 0.1) is 11.8 Å². The van der Waals surface area contributed by atoms with E-state index in [0.717, 1.165) is 31.1 Å². The molecule has 2 nitrogen and oxygen atoms in total. The van der Waals surface area contributed by atoms with Gasteiger partial charge in [-0.3, -0.25) is 4.79 Å². The van der Waals surface area contributed by atoms with E-state index in [1.54, 1.807) is 0 Å². The molecule has 2 fully saturated rings. The second-order valence-corrected chi connectivity index (χ2v) is 5.01. The number of carbonyl (C=O) groups excluding carboxylic acids is 1. The third-order valence-electron chi connectivity index (χ3n) is 4.05. The summed E-state index contributed by atoms with van der Waals surface area (Å²) < 4.78 is 0. The molecule has 0 amide bonds. The summed E-state index contributed by atoms with van der Waals surface area (Å²) in [6.07, 6.45) is 9.77. The smallest absolute Gasteiger partial charge is 0.149 e. The van der Waals surface area contributed by atoms with Crippen LogP contribution < -0.4 is 5.73 Å². The Morgan fingerprint density at radius 2 is 1.71 bits per heavy atom. The van der Waals surface area contributed by atoms with Crippen LogP contribution in [0.25, 0.3) is 0 Å². The second-order valence-electron chi connectivity index (χ2n) is 5.01. The minimum absolute atomic E-state index is 0.143. The van der Waals surface area contributed by atoms with Crippen molar-refractivity contribution in [3.05, 3.63) is 0 Å². The predicted octanol–water partition coefficient (Wildman–Crippen LogP) is 2.26. The predicted molar refractivity (Wildman–Crippen MR) is 56.9 cm³/mol. The first kappa shape index (κ1) is 10.2. The van der Waals surface area contributed by atoms with Crippen LogP contribution >= 0.6 is 0 Å². The highest BCUT2D eigenvalue weighted by Crippen LogP contribution is 2.36. The molecule has 2 heteroatoms. The van der Waals surface area contributed by atoms with Crippen molar-refractivity contribution in [3.8, 4) is 0 Å². The summed E-state index contributed by atoms with van der Waals surface area (Å²) in [5.74, 6) is 1.92. The van der Waals surface area contributed by atoms with Crippen molar-refractivity contribution in [2.24, 2.45) is 17.6 Å². The van der Waals surface area contributed by atoms with E-state index in [1.165, 1.54) is 32.1 Å². The summed E-state index contributed by atoms with van der Waals surface area (Å²) in [4.78, 5) is 11.3. The Morgan fingerprint density at radius 1 is 1.00 bits per heavy atom. The van der Waals surface area contributed by atoms with Gasteiger partial charge in [0.2, 0.25) is 0 Å². The van der Waals surface area contributed by atoms with Crippen molar-refractivity contribution in [1.82, 2.24) is 0 Å². The zero-order valence-electron chi connectivity index (χ0n) is 8.87. The van der Waals surface area contributed by atoms with Gasteiger partial charge in [-0.05, 0) is 24.7 Å². The molecule has 2 saturated carbocycles. The lowest BCUT2D eigenvalue weighted by atomic mass is 9.72. The zero-order valence-corrected chi connectivity index (χ0v) is 8.87. The summed E-state index contributed by atoms with van der Waals surface area (Å²) in [5.41, 5.74) is 5.83. The van der Waals surface area contributed by atoms with Crippen LogP contribution in [-0.4, -0.2) is 11.8 Å². The van der Waals surface area contributed by atoms with Crippen molar-refractivity contribution < 1.29 is 4.79 Å². The molecular formula is C12H21NO. The average Bonchev–Trinajstić information content (AvgIpc) is 2.23. The van der Waals surface area contributed by atoms with E-state index in [4.69, 9.17) is 5.73 Å². The first-order valence-corrected chi connectivity index (χ1v) is 6.05. The van der Waals surface area contributed by atoms with E-state index in [0.29, 0.717) is 0 Å². The summed E-state index contributed by atoms with van der Waals surface area (Å²) in [7, 11) is 0. The largest absolute Gasteiger partial charge is 0.322 e. The lowest BCUT2D eigenvalue weighted by Crippen LogP contribution is -2.39. The van der Waals surface area contributed by atoms with Crippen LogP contribution in [0.4, 0.5) is 0 Å². The third kappa shape index (κ3) is 2.17. The quantitative estimate of drug-likeness (QED) is 0.697. The first-order valence-electron chi connectivity index (χ1n) is 6.05. The zero-order chi connectivity index (χ0) is 9.97. The lowest BCUT2D eigenvalue weighted by Gasteiger charge is -2.34. The molecule has 0 radical (unpaired) electrons. The number of hydrogen-bond acceptors (Lipinski definition) is 2. The topological polar surface area (TPSA) is 43.1 Å². The molecule has 0 aromatic heterocycles. The van der Waals surface area contributed by atoms with Crippen LogP contribution in [0.15, 0.2) is 0 Å². The Balaban J connectivity index is 1.88. The van der Waals surface area contributed by atoms with Crippen LogP contribution in [0.5, 0.6) is 0 Å². The maximum Gasteiger partial charge on any atom is 0.149 e. The van der Waals surface area contributed by atoms with Gasteiger partial charge >= 0.3 is 0 Å². The highest BCUT2D eigenvalue weighted by atomic mass is 16.1. The second kappa shape index (κ2) is 4.43. The van der Waals surface area contributed by atoms with Crippen molar-refractivity contribution in [2.45, 2.75) is 57.4 Å². The molecular weight excluding hydrogens is 174 g/mol. The molecule has 0 aromatic carbocycles. The van der Waals surface area contributed by atoms with Crippen LogP contribution in [0.1, 0.15) is 51.4 Å². The molecule has 0 heterocycles. The fourth-order valence-corrected chi connectivity index (χ4v) is 3.12. The van der Waals surface area contributed by atoms with E-state index >= 15 is 0 Å². The molecule has 80 valence electrons. The summed E-state index contributed by atoms with van der Waals surface area (Å²) >= 11 is 0. The Bertz CT molecular complexity index is 208. The Hall–Kier alpha value is -0.370. The SMILES string of the molecule is NC1CC(C2CCCCC2)CCC1=O. The highest BCUT2D eigenvalue weighted by Gasteiger charge is 2.31. The highest BCUT2D eigenvalue weighted by molar-refractivity contribution is 5.84. The van der Waals surface area contributed by atoms with Gasteiger partial charge in [-0.25, -0.2) is 0 Å². The maximum atomic E-state index is 11.3. The molecule has 2 atom stereocenters. The maximum absolute atomic E-state index is 11.3. The van der Waals surface area contributed by atoms with Crippen LogP contribution in [-0.2, 0) is 4.79 Å². The van der Waals surface area contributed by atoms with Crippen molar-refractivity contribution >= 4 is 5.78 Å². The lowest BCUT2D eigenvalue weighted by molar-refractivity contribution is -0.122. The minimum atomic E-state index is -0.143. The van der Waals surface area contributed by atoms with Gasteiger partial charge in [0.25, 0.3) is 0 Å². The fourth-order valence-electron chi connectivity index (χ4n) is 3.12. The number of rotatable bonds is 1. The van der Waals surface area contributed by atoms with Gasteiger partial charge in [0.15, 0.2) is 0 Å². The Kier molecular flexibility index (Phi) is 3.22. The van der Waals surface area contributed by atoms with Gasteiger partial charge in [-0.15, -0.1) is 0 Å². The van der Waals surface area contributed by atoms with Crippen molar-refractivity contribution in [1.29, 1.82) is 0 Å². The normalized spacial score (nSPS) is 35.9. The molecule has 2 unspecified atom stereocenters. The van der Waals surface area contributed by atoms with Gasteiger partial charge in [-0.2, -0.15) is 0 Å². The number of nitrogens with two attached hydrogens (primary N) is 1. The fraction of sp³-hybridized carbons (Fsp3) is 0.917. The molecule has 0 spiro atoms. The van der Waals surface area contributed by atoms with Gasteiger partial charge in [0.1, 0.15) is 5.78 Å². The molecule has 2 aliphatic carbocycles. The van der Waals surface area contributed by atoms with E-state index in [1.807, 2.05) is 0 Å². The van der Waals surface area contributed by atoms with Gasteiger partial charge in [0, 0.05) is 6.42 Å². The first-order chi connectivity index (χ1) is 6.77. The number of hydrogen-bond donors (Lipinski definition) is 1. The molecule has 0 saturated heterocycles. The van der Waals surface area contributed by atoms with Gasteiger partial charge in [-0.1, -0.05) is 32.1 Å². The van der Waals surface area contributed by atoms with Gasteiger partial charge in [0.05, 0.1) is 6.04 Å². The average molecular weight is 195 g/mol. The Morgan fingerprint density at radius 3 is 2.36 bits per heavy atom. The molecule has 0 aromatic rings. The summed E-state index contributed by atoms with van der Waals surface area (Å²) in [5, 5.41) is 0.